The first-order valence-electron chi connectivity index (χ1n) is 20.4. The molecule has 2 aliphatic heterocycles. The molecule has 4 aromatic heterocycles. The molecular weight excluding hydrogens is 761 g/mol. The number of methoxy groups -OCH3 is 2. The van der Waals surface area contributed by atoms with Crippen LogP contribution >= 0.6 is 0 Å². The van der Waals surface area contributed by atoms with Crippen molar-refractivity contribution in [2.45, 2.75) is 75.9 Å². The minimum atomic E-state index is -0.658. The van der Waals surface area contributed by atoms with Crippen molar-refractivity contribution in [1.82, 2.24) is 49.7 Å². The van der Waals surface area contributed by atoms with E-state index >= 15 is 0 Å². The maximum Gasteiger partial charge on any atom is 0.248 e. The van der Waals surface area contributed by atoms with Crippen LogP contribution in [0.15, 0.2) is 97.8 Å². The average molecular weight is 811 g/mol. The van der Waals surface area contributed by atoms with E-state index in [1.165, 1.54) is 0 Å². The monoisotopic (exact) mass is 810 g/mol. The molecule has 0 spiro atoms. The third-order valence-corrected chi connectivity index (χ3v) is 11.5. The molecule has 310 valence electrons. The fourth-order valence-electron chi connectivity index (χ4n) is 8.03. The third kappa shape index (κ3) is 8.60. The van der Waals surface area contributed by atoms with E-state index in [9.17, 15) is 9.59 Å². The van der Waals surface area contributed by atoms with E-state index in [1.54, 1.807) is 51.1 Å². The second-order valence-corrected chi connectivity index (χ2v) is 15.2. The first kappa shape index (κ1) is 40.3. The van der Waals surface area contributed by atoms with E-state index in [1.807, 2.05) is 36.0 Å². The predicted octanol–water partition coefficient (Wildman–Crippen LogP) is 6.07. The van der Waals surface area contributed by atoms with Crippen LogP contribution < -0.4 is 10.6 Å². The fraction of sp³-hybridized carbons (Fsp3) is 0.364. The van der Waals surface area contributed by atoms with Crippen LogP contribution in [0.1, 0.15) is 63.3 Å². The number of rotatable bonds is 15. The summed E-state index contributed by atoms with van der Waals surface area (Å²) < 4.78 is 11.2. The van der Waals surface area contributed by atoms with Crippen LogP contribution in [0.4, 0.5) is 11.9 Å². The number of hydrogen-bond donors (Lipinski definition) is 4. The van der Waals surface area contributed by atoms with Crippen LogP contribution in [0.3, 0.4) is 0 Å². The highest BCUT2D eigenvalue weighted by Crippen LogP contribution is 2.35. The van der Waals surface area contributed by atoms with Crippen molar-refractivity contribution in [2.24, 2.45) is 0 Å². The van der Waals surface area contributed by atoms with Gasteiger partial charge in [0.2, 0.25) is 23.7 Å². The number of anilines is 2. The fourth-order valence-corrected chi connectivity index (χ4v) is 8.03. The summed E-state index contributed by atoms with van der Waals surface area (Å²) in [5, 5.41) is 6.35. The molecule has 60 heavy (non-hydrogen) atoms. The molecule has 2 saturated heterocycles. The first-order chi connectivity index (χ1) is 29.3. The average Bonchev–Trinajstić information content (AvgIpc) is 4.15. The Bertz CT molecular complexity index is 2170. The van der Waals surface area contributed by atoms with Crippen LogP contribution in [0.2, 0.25) is 0 Å². The molecule has 0 aliphatic carbocycles. The van der Waals surface area contributed by atoms with E-state index in [0.717, 1.165) is 71.0 Å². The number of nitrogens with one attached hydrogen (secondary N) is 4. The van der Waals surface area contributed by atoms with Gasteiger partial charge in [-0.15, -0.1) is 0 Å². The van der Waals surface area contributed by atoms with Gasteiger partial charge in [-0.05, 0) is 73.9 Å². The van der Waals surface area contributed by atoms with E-state index in [-0.39, 0.29) is 23.9 Å². The van der Waals surface area contributed by atoms with Crippen molar-refractivity contribution in [3.63, 3.8) is 0 Å². The lowest BCUT2D eigenvalue weighted by atomic mass is 10.0. The highest BCUT2D eigenvalue weighted by molar-refractivity contribution is 5.86. The predicted molar refractivity (Wildman–Crippen MR) is 226 cm³/mol. The zero-order valence-electron chi connectivity index (χ0n) is 34.2. The number of H-pyrrole nitrogens is 2. The Balaban J connectivity index is 0.915. The first-order valence-corrected chi connectivity index (χ1v) is 20.4. The van der Waals surface area contributed by atoms with Crippen molar-refractivity contribution in [3.8, 4) is 33.6 Å². The summed E-state index contributed by atoms with van der Waals surface area (Å²) in [6.07, 6.45) is 12.8. The van der Waals surface area contributed by atoms with Crippen LogP contribution in [-0.4, -0.2) is 113 Å². The second-order valence-electron chi connectivity index (χ2n) is 15.2. The molecule has 2 aliphatic rings. The van der Waals surface area contributed by atoms with Gasteiger partial charge in [0.05, 0.1) is 48.1 Å². The molecule has 0 radical (unpaired) electrons. The molecule has 0 saturated carbocycles. The lowest BCUT2D eigenvalue weighted by molar-refractivity contribution is -0.136. The van der Waals surface area contributed by atoms with Crippen molar-refractivity contribution in [2.75, 3.05) is 37.9 Å². The van der Waals surface area contributed by atoms with E-state index < -0.39 is 24.3 Å². The van der Waals surface area contributed by atoms with Crippen LogP contribution in [0.5, 0.6) is 0 Å². The van der Waals surface area contributed by atoms with Crippen LogP contribution in [0, 0.1) is 0 Å². The Morgan fingerprint density at radius 2 is 0.967 bits per heavy atom. The molecule has 0 bridgehead atoms. The molecule has 6 aromatic rings. The van der Waals surface area contributed by atoms with Crippen molar-refractivity contribution >= 4 is 23.7 Å². The van der Waals surface area contributed by atoms with Gasteiger partial charge in [-0.25, -0.2) is 29.9 Å². The summed E-state index contributed by atoms with van der Waals surface area (Å²) in [4.78, 5) is 65.1. The Morgan fingerprint density at radius 3 is 1.33 bits per heavy atom. The molecule has 6 atom stereocenters. The number of carbonyl (C=O) groups excluding carboxylic acids is 2. The maximum absolute atomic E-state index is 13.9. The molecule has 16 heteroatoms. The molecule has 6 heterocycles. The highest BCUT2D eigenvalue weighted by atomic mass is 16.5. The number of imidazole rings is 2. The number of hydrogen-bond acceptors (Lipinski definition) is 12. The zero-order chi connectivity index (χ0) is 41.6. The molecule has 2 amide bonds. The van der Waals surface area contributed by atoms with E-state index in [2.05, 4.69) is 89.1 Å². The summed E-state index contributed by atoms with van der Waals surface area (Å²) >= 11 is 0. The third-order valence-electron chi connectivity index (χ3n) is 11.5. The highest BCUT2D eigenvalue weighted by Gasteiger charge is 2.39. The summed E-state index contributed by atoms with van der Waals surface area (Å²) in [7, 11) is 3.18. The smallest absolute Gasteiger partial charge is 0.248 e. The molecule has 4 N–H and O–H groups in total. The molecule has 2 fully saturated rings. The number of likely N-dealkylation sites (tertiary alicyclic amines) is 2. The normalized spacial score (nSPS) is 18.5. The van der Waals surface area contributed by atoms with Gasteiger partial charge in [0.25, 0.3) is 0 Å². The minimum absolute atomic E-state index is 0.0807. The number of ether oxygens (including phenoxy) is 2. The Labute approximate surface area is 348 Å². The van der Waals surface area contributed by atoms with Gasteiger partial charge in [0.1, 0.15) is 23.7 Å². The number of amides is 2. The summed E-state index contributed by atoms with van der Waals surface area (Å²) in [5.41, 5.74) is 5.90. The quantitative estimate of drug-likeness (QED) is 0.0938. The van der Waals surface area contributed by atoms with Gasteiger partial charge < -0.3 is 39.9 Å². The van der Waals surface area contributed by atoms with Crippen molar-refractivity contribution < 1.29 is 19.1 Å². The van der Waals surface area contributed by atoms with Gasteiger partial charge in [0.15, 0.2) is 0 Å². The van der Waals surface area contributed by atoms with E-state index in [0.29, 0.717) is 25.0 Å². The van der Waals surface area contributed by atoms with Crippen LogP contribution in [-0.2, 0) is 19.1 Å². The van der Waals surface area contributed by atoms with Gasteiger partial charge in [-0.2, -0.15) is 0 Å². The topological polar surface area (TPSA) is 192 Å². The van der Waals surface area contributed by atoms with Crippen LogP contribution in [0.25, 0.3) is 33.6 Å². The number of benzene rings is 2. The lowest BCUT2D eigenvalue weighted by Crippen LogP contribution is -2.49. The van der Waals surface area contributed by atoms with Crippen molar-refractivity contribution in [1.29, 1.82) is 0 Å². The Hall–Kier alpha value is -6.52. The lowest BCUT2D eigenvalue weighted by Gasteiger charge is -2.30. The minimum Gasteiger partial charge on any atom is -0.379 e. The summed E-state index contributed by atoms with van der Waals surface area (Å²) in [5.74, 6) is 2.10. The van der Waals surface area contributed by atoms with Gasteiger partial charge in [0, 0.05) is 52.1 Å². The maximum atomic E-state index is 13.9. The molecule has 16 nitrogen and oxygen atoms in total. The number of carbonyl (C=O) groups is 2. The summed E-state index contributed by atoms with van der Waals surface area (Å²) in [6, 6.07) is 18.5. The van der Waals surface area contributed by atoms with Gasteiger partial charge >= 0.3 is 0 Å². The van der Waals surface area contributed by atoms with Crippen molar-refractivity contribution in [3.05, 3.63) is 109 Å². The van der Waals surface area contributed by atoms with E-state index in [4.69, 9.17) is 19.4 Å². The summed E-state index contributed by atoms with van der Waals surface area (Å²) in [6.45, 7) is 4.97. The number of aromatic amines is 2. The molecular formula is C44H50N12O4. The largest absolute Gasteiger partial charge is 0.379 e. The second kappa shape index (κ2) is 18.2. The number of nitrogens with zero attached hydrogens (tertiary/aromatic N) is 8. The Kier molecular flexibility index (Phi) is 12.2. The number of aromatic nitrogens is 8. The standard InChI is InChI=1S/C44H50N12O4/c1-27(59-3)37(53-43-45-19-7-20-46-43)41(57)55-23-5-9-35(55)39-49-25-33(51-39)31-15-11-29(12-16-31)30-13-17-32(18-14-30)34-26-50-40(52-34)36-10-6-24-56(36)42(58)38(28(2)60-4)54-44-47-21-8-22-48-44/h7-8,11-22,25-28,35-38H,5-6,9-10,23-24H2,1-4H3,(H,49,51)(H,50,52)(H,45,46,53)(H,47,48,54)/t27-,28-,35+,36+,37+,38+/m1/s1. The molecule has 0 unspecified atom stereocenters. The molecule has 8 rings (SSSR count). The van der Waals surface area contributed by atoms with Gasteiger partial charge in [-0.3, -0.25) is 9.59 Å². The zero-order valence-corrected chi connectivity index (χ0v) is 34.2. The Morgan fingerprint density at radius 1 is 0.600 bits per heavy atom. The SMILES string of the molecule is CO[C@H](C)[C@H](Nc1ncccn1)C(=O)N1CCC[C@H]1c1ncc(-c2ccc(-c3ccc(-c4cnc([C@@H]5CCCN5C(=O)[C@@H](Nc5ncccn5)[C@@H](C)OC)[nH]4)cc3)cc2)[nH]1. The van der Waals surface area contributed by atoms with Gasteiger partial charge in [-0.1, -0.05) is 48.5 Å². The molecule has 2 aromatic carbocycles.